The van der Waals surface area contributed by atoms with E-state index in [1.807, 2.05) is 24.3 Å². The number of carbonyl (C=O) groups is 2. The largest absolute Gasteiger partial charge is 0.489 e. The fraction of sp³-hybridized carbons (Fsp3) is 0.125. The van der Waals surface area contributed by atoms with Crippen LogP contribution in [0.2, 0.25) is 5.02 Å². The molecule has 1 N–H and O–H groups in total. The maximum atomic E-state index is 13.1. The Labute approximate surface area is 235 Å². The van der Waals surface area contributed by atoms with Crippen LogP contribution in [-0.4, -0.2) is 18.5 Å². The third-order valence-corrected chi connectivity index (χ3v) is 6.45. The summed E-state index contributed by atoms with van der Waals surface area (Å²) < 4.78 is 29.9. The molecule has 0 unspecified atom stereocenters. The van der Waals surface area contributed by atoms with Gasteiger partial charge in [0.25, 0.3) is 0 Å². The molecule has 0 aliphatic rings. The number of anilines is 1. The molecule has 6 nitrogen and oxygen atoms in total. The SMILES string of the molecule is CCOC(=O)c1oc2cc(-c3ccc(Cl)cc3)ccc2c1NC(=O)Cc1ccc(OCc2ccc(F)cc2)cc1. The van der Waals surface area contributed by atoms with Crippen LogP contribution in [0.5, 0.6) is 5.75 Å². The molecule has 1 amide bonds. The number of amides is 1. The van der Waals surface area contributed by atoms with Crippen molar-refractivity contribution in [3.05, 3.63) is 119 Å². The molecule has 8 heteroatoms. The third-order valence-electron chi connectivity index (χ3n) is 6.20. The van der Waals surface area contributed by atoms with Crippen LogP contribution >= 0.6 is 11.6 Å². The molecule has 5 rings (SSSR count). The monoisotopic (exact) mass is 557 g/mol. The summed E-state index contributed by atoms with van der Waals surface area (Å²) in [4.78, 5) is 25.7. The number of rotatable bonds is 9. The molecule has 0 saturated carbocycles. The number of benzene rings is 4. The summed E-state index contributed by atoms with van der Waals surface area (Å²) in [7, 11) is 0. The number of fused-ring (bicyclic) bond motifs is 1. The number of carbonyl (C=O) groups excluding carboxylic acids is 2. The van der Waals surface area contributed by atoms with E-state index in [2.05, 4.69) is 5.32 Å². The van der Waals surface area contributed by atoms with Gasteiger partial charge in [-0.1, -0.05) is 54.1 Å². The molecule has 1 heterocycles. The fourth-order valence-corrected chi connectivity index (χ4v) is 4.33. The molecule has 0 saturated heterocycles. The van der Waals surface area contributed by atoms with Gasteiger partial charge in [-0.3, -0.25) is 4.79 Å². The van der Waals surface area contributed by atoms with Gasteiger partial charge in [0.15, 0.2) is 0 Å². The third kappa shape index (κ3) is 6.33. The van der Waals surface area contributed by atoms with E-state index in [0.29, 0.717) is 28.3 Å². The molecule has 0 fully saturated rings. The summed E-state index contributed by atoms with van der Waals surface area (Å²) >= 11 is 6.01. The first kappa shape index (κ1) is 27.0. The van der Waals surface area contributed by atoms with Gasteiger partial charge in [-0.05, 0) is 77.7 Å². The number of hydrogen-bond acceptors (Lipinski definition) is 5. The average molecular weight is 558 g/mol. The highest BCUT2D eigenvalue weighted by atomic mass is 35.5. The van der Waals surface area contributed by atoms with Crippen LogP contribution in [0.1, 0.15) is 28.6 Å². The van der Waals surface area contributed by atoms with Crippen molar-refractivity contribution in [3.8, 4) is 16.9 Å². The number of ether oxygens (including phenoxy) is 2. The number of esters is 1. The second kappa shape index (κ2) is 12.1. The fourth-order valence-electron chi connectivity index (χ4n) is 4.20. The molecule has 202 valence electrons. The molecule has 0 spiro atoms. The quantitative estimate of drug-likeness (QED) is 0.187. The lowest BCUT2D eigenvalue weighted by atomic mass is 10.0. The van der Waals surface area contributed by atoms with Crippen LogP contribution in [0, 0.1) is 5.82 Å². The van der Waals surface area contributed by atoms with Gasteiger partial charge in [0.1, 0.15) is 29.4 Å². The number of furan rings is 1. The van der Waals surface area contributed by atoms with Crippen molar-refractivity contribution in [2.75, 3.05) is 11.9 Å². The Morgan fingerprint density at radius 1 is 0.875 bits per heavy atom. The maximum absolute atomic E-state index is 13.1. The standard InChI is InChI=1S/C32H25ClFNO5/c1-2-38-32(37)31-30(27-16-9-23(18-28(27)40-31)22-7-10-24(33)11-8-22)35-29(36)17-20-5-14-26(15-6-20)39-19-21-3-12-25(34)13-4-21/h3-16,18H,2,17,19H2,1H3,(H,35,36). The van der Waals surface area contributed by atoms with Gasteiger partial charge in [-0.25, -0.2) is 9.18 Å². The van der Waals surface area contributed by atoms with Crippen molar-refractivity contribution < 1.29 is 27.9 Å². The first-order valence-electron chi connectivity index (χ1n) is 12.6. The van der Waals surface area contributed by atoms with Crippen LogP contribution in [0.4, 0.5) is 10.1 Å². The summed E-state index contributed by atoms with van der Waals surface area (Å²) in [6.45, 7) is 2.16. The zero-order valence-corrected chi connectivity index (χ0v) is 22.3. The topological polar surface area (TPSA) is 77.8 Å². The van der Waals surface area contributed by atoms with E-state index >= 15 is 0 Å². The van der Waals surface area contributed by atoms with Gasteiger partial charge in [-0.15, -0.1) is 0 Å². The van der Waals surface area contributed by atoms with E-state index < -0.39 is 5.97 Å². The van der Waals surface area contributed by atoms with Crippen molar-refractivity contribution in [2.24, 2.45) is 0 Å². The van der Waals surface area contributed by atoms with Crippen molar-refractivity contribution in [1.29, 1.82) is 0 Å². The second-order valence-electron chi connectivity index (χ2n) is 9.03. The number of nitrogens with one attached hydrogen (secondary N) is 1. The zero-order chi connectivity index (χ0) is 28.1. The van der Waals surface area contributed by atoms with Gasteiger partial charge >= 0.3 is 5.97 Å². The van der Waals surface area contributed by atoms with Gasteiger partial charge in [0, 0.05) is 10.4 Å². The first-order chi connectivity index (χ1) is 19.4. The normalized spacial score (nSPS) is 10.9. The Kier molecular flexibility index (Phi) is 8.12. The number of halogens is 2. The van der Waals surface area contributed by atoms with Crippen molar-refractivity contribution in [3.63, 3.8) is 0 Å². The smallest absolute Gasteiger partial charge is 0.376 e. The van der Waals surface area contributed by atoms with E-state index in [1.165, 1.54) is 12.1 Å². The van der Waals surface area contributed by atoms with E-state index in [1.54, 1.807) is 61.5 Å². The highest BCUT2D eigenvalue weighted by Gasteiger charge is 2.24. The highest BCUT2D eigenvalue weighted by molar-refractivity contribution is 6.30. The van der Waals surface area contributed by atoms with Crippen LogP contribution in [0.3, 0.4) is 0 Å². The van der Waals surface area contributed by atoms with Gasteiger partial charge in [0.05, 0.1) is 13.0 Å². The molecule has 0 bridgehead atoms. The summed E-state index contributed by atoms with van der Waals surface area (Å²) in [6.07, 6.45) is 0.0655. The lowest BCUT2D eigenvalue weighted by Gasteiger charge is -2.09. The minimum Gasteiger partial charge on any atom is -0.489 e. The Bertz CT molecular complexity index is 1640. The predicted molar refractivity (Wildman–Crippen MR) is 152 cm³/mol. The summed E-state index contributed by atoms with van der Waals surface area (Å²) in [5, 5.41) is 4.05. The molecule has 4 aromatic carbocycles. The molecule has 40 heavy (non-hydrogen) atoms. The van der Waals surface area contributed by atoms with Crippen LogP contribution in [0.25, 0.3) is 22.1 Å². The zero-order valence-electron chi connectivity index (χ0n) is 21.6. The van der Waals surface area contributed by atoms with Crippen molar-refractivity contribution >= 4 is 40.1 Å². The minimum atomic E-state index is -0.662. The van der Waals surface area contributed by atoms with Crippen molar-refractivity contribution in [2.45, 2.75) is 20.0 Å². The Hall–Kier alpha value is -4.62. The van der Waals surface area contributed by atoms with Crippen LogP contribution in [-0.2, 0) is 22.6 Å². The van der Waals surface area contributed by atoms with Crippen molar-refractivity contribution in [1.82, 2.24) is 0 Å². The van der Waals surface area contributed by atoms with Gasteiger partial charge in [0.2, 0.25) is 11.7 Å². The number of hydrogen-bond donors (Lipinski definition) is 1. The summed E-state index contributed by atoms with van der Waals surface area (Å²) in [6, 6.07) is 26.1. The Morgan fingerprint density at radius 3 is 2.25 bits per heavy atom. The van der Waals surface area contributed by atoms with E-state index in [9.17, 15) is 14.0 Å². The highest BCUT2D eigenvalue weighted by Crippen LogP contribution is 2.35. The molecule has 0 radical (unpaired) electrons. The van der Waals surface area contributed by atoms with Gasteiger partial charge in [-0.2, -0.15) is 0 Å². The molecule has 0 atom stereocenters. The van der Waals surface area contributed by atoms with Crippen LogP contribution < -0.4 is 10.1 Å². The second-order valence-corrected chi connectivity index (χ2v) is 9.46. The molecular formula is C32H25ClFNO5. The van der Waals surface area contributed by atoms with E-state index in [0.717, 1.165) is 22.3 Å². The van der Waals surface area contributed by atoms with E-state index in [4.69, 9.17) is 25.5 Å². The summed E-state index contributed by atoms with van der Waals surface area (Å²) in [5.41, 5.74) is 4.09. The lowest BCUT2D eigenvalue weighted by molar-refractivity contribution is -0.115. The van der Waals surface area contributed by atoms with E-state index in [-0.39, 0.29) is 36.2 Å². The van der Waals surface area contributed by atoms with Crippen LogP contribution in [0.15, 0.2) is 95.4 Å². The summed E-state index contributed by atoms with van der Waals surface area (Å²) in [5.74, 6) is -0.732. The Morgan fingerprint density at radius 2 is 1.55 bits per heavy atom. The Balaban J connectivity index is 1.31. The minimum absolute atomic E-state index is 0.0655. The first-order valence-corrected chi connectivity index (χ1v) is 13.0. The van der Waals surface area contributed by atoms with Gasteiger partial charge < -0.3 is 19.2 Å². The molecule has 0 aliphatic heterocycles. The average Bonchev–Trinajstić information content (AvgIpc) is 3.31. The molecule has 0 aliphatic carbocycles. The molecule has 5 aromatic rings. The predicted octanol–water partition coefficient (Wildman–Crippen LogP) is 7.83. The molecular weight excluding hydrogens is 533 g/mol. The molecule has 1 aromatic heterocycles. The lowest BCUT2D eigenvalue weighted by Crippen LogP contribution is -2.16. The maximum Gasteiger partial charge on any atom is 0.376 e.